The lowest BCUT2D eigenvalue weighted by atomic mass is 9.95. The van der Waals surface area contributed by atoms with E-state index in [4.69, 9.17) is 0 Å². The maximum absolute atomic E-state index is 12.4. The summed E-state index contributed by atoms with van der Waals surface area (Å²) >= 11 is 2.56. The van der Waals surface area contributed by atoms with Gasteiger partial charge < -0.3 is 20.4 Å². The minimum atomic E-state index is -1.40. The van der Waals surface area contributed by atoms with Crippen molar-refractivity contribution >= 4 is 46.9 Å². The lowest BCUT2D eigenvalue weighted by molar-refractivity contribution is -0.161. The molecule has 8 nitrogen and oxygen atoms in total. The number of rotatable bonds is 5. The molecule has 10 heteroatoms. The molecule has 2 aliphatic rings. The van der Waals surface area contributed by atoms with Crippen LogP contribution in [0.3, 0.4) is 0 Å². The van der Waals surface area contributed by atoms with Crippen LogP contribution in [-0.4, -0.2) is 61.1 Å². The van der Waals surface area contributed by atoms with Crippen LogP contribution in [0.5, 0.6) is 0 Å². The number of thioether (sulfide) groups is 1. The molecule has 0 radical (unpaired) electrons. The monoisotopic (exact) mass is 384 g/mol. The van der Waals surface area contributed by atoms with E-state index in [1.165, 1.54) is 28.0 Å². The molecule has 2 amide bonds. The third-order valence-corrected chi connectivity index (χ3v) is 6.63. The van der Waals surface area contributed by atoms with Crippen molar-refractivity contribution in [3.8, 4) is 0 Å². The van der Waals surface area contributed by atoms with Gasteiger partial charge in [-0.15, -0.1) is 11.8 Å². The fourth-order valence-corrected chi connectivity index (χ4v) is 5.54. The lowest BCUT2D eigenvalue weighted by Gasteiger charge is -2.43. The predicted molar refractivity (Wildman–Crippen MR) is 90.4 cm³/mol. The summed E-state index contributed by atoms with van der Waals surface area (Å²) < 4.78 is -0.703. The largest absolute Gasteiger partial charge is 0.480 e. The normalized spacial score (nSPS) is 28.0. The highest BCUT2D eigenvalue weighted by atomic mass is 32.2. The van der Waals surface area contributed by atoms with Crippen LogP contribution >= 0.6 is 23.1 Å². The van der Waals surface area contributed by atoms with Gasteiger partial charge in [0.1, 0.15) is 17.5 Å². The summed E-state index contributed by atoms with van der Waals surface area (Å²) in [6.07, 6.45) is 0. The van der Waals surface area contributed by atoms with Gasteiger partial charge in [-0.25, -0.2) is 4.79 Å². The summed E-state index contributed by atoms with van der Waals surface area (Å²) in [4.78, 5) is 48.9. The van der Waals surface area contributed by atoms with Crippen LogP contribution in [0, 0.1) is 0 Å². The Morgan fingerprint density at radius 1 is 1.32 bits per heavy atom. The molecule has 1 aromatic rings. The van der Waals surface area contributed by atoms with E-state index in [0.717, 1.165) is 0 Å². The number of carboxylic acid groups (broad SMARTS) is 2. The Hall–Kier alpha value is -2.07. The SMILES string of the molecule is CC1(C)S[C@H]2[C@@H](NC(=O)[C@H](C(=O)O)c3ccsc3)C(=O)N2[C@@H]1C(=O)O. The molecule has 2 aliphatic heterocycles. The van der Waals surface area contributed by atoms with E-state index in [1.807, 2.05) is 0 Å². The smallest absolute Gasteiger partial charge is 0.327 e. The Labute approximate surface area is 151 Å². The molecule has 3 N–H and O–H groups in total. The number of thiophene rings is 1. The quantitative estimate of drug-likeness (QED) is 0.500. The summed E-state index contributed by atoms with van der Waals surface area (Å²) in [7, 11) is 0. The highest BCUT2D eigenvalue weighted by molar-refractivity contribution is 8.01. The Morgan fingerprint density at radius 2 is 2.00 bits per heavy atom. The number of carbonyl (C=O) groups excluding carboxylic acids is 2. The standard InChI is InChI=1S/C15H16N2O6S2/c1-15(2)9(14(22)23)17-11(19)8(12(17)25-15)16-10(18)7(13(20)21)6-3-4-24-5-6/h3-5,7-9,12H,1-2H3,(H,16,18)(H,20,21)(H,22,23)/t7-,8+,9-,12+/m1/s1. The Bertz CT molecular complexity index is 747. The molecular weight excluding hydrogens is 368 g/mol. The predicted octanol–water partition coefficient (Wildman–Crippen LogP) is 0.548. The van der Waals surface area contributed by atoms with Crippen molar-refractivity contribution in [3.05, 3.63) is 22.4 Å². The zero-order valence-electron chi connectivity index (χ0n) is 13.3. The van der Waals surface area contributed by atoms with Gasteiger partial charge in [0.25, 0.3) is 0 Å². The maximum atomic E-state index is 12.4. The van der Waals surface area contributed by atoms with E-state index in [1.54, 1.807) is 30.7 Å². The van der Waals surface area contributed by atoms with Gasteiger partial charge in [0.2, 0.25) is 11.8 Å². The van der Waals surface area contributed by atoms with E-state index in [9.17, 15) is 29.4 Å². The molecule has 25 heavy (non-hydrogen) atoms. The van der Waals surface area contributed by atoms with Crippen LogP contribution in [0.4, 0.5) is 0 Å². The number of hydrogen-bond acceptors (Lipinski definition) is 6. The molecule has 0 aliphatic carbocycles. The van der Waals surface area contributed by atoms with Gasteiger partial charge in [-0.3, -0.25) is 14.4 Å². The summed E-state index contributed by atoms with van der Waals surface area (Å²) in [6.45, 7) is 3.46. The van der Waals surface area contributed by atoms with Gasteiger partial charge in [0, 0.05) is 4.75 Å². The van der Waals surface area contributed by atoms with Crippen molar-refractivity contribution in [2.24, 2.45) is 0 Å². The molecule has 2 saturated heterocycles. The first-order chi connectivity index (χ1) is 11.6. The molecular formula is C15H16N2O6S2. The van der Waals surface area contributed by atoms with Crippen LogP contribution in [-0.2, 0) is 19.2 Å². The number of nitrogens with one attached hydrogen (secondary N) is 1. The first-order valence-corrected chi connectivity index (χ1v) is 9.25. The third kappa shape index (κ3) is 2.78. The van der Waals surface area contributed by atoms with Gasteiger partial charge in [-0.2, -0.15) is 11.3 Å². The topological polar surface area (TPSA) is 124 Å². The highest BCUT2D eigenvalue weighted by Crippen LogP contribution is 2.50. The van der Waals surface area contributed by atoms with Crippen molar-refractivity contribution in [2.45, 2.75) is 42.0 Å². The van der Waals surface area contributed by atoms with E-state index in [-0.39, 0.29) is 0 Å². The van der Waals surface area contributed by atoms with Gasteiger partial charge >= 0.3 is 11.9 Å². The van der Waals surface area contributed by atoms with Gasteiger partial charge in [0.05, 0.1) is 0 Å². The zero-order chi connectivity index (χ0) is 18.5. The van der Waals surface area contributed by atoms with E-state index in [0.29, 0.717) is 5.56 Å². The number of aliphatic carboxylic acids is 2. The Morgan fingerprint density at radius 3 is 2.52 bits per heavy atom. The fourth-order valence-electron chi connectivity index (χ4n) is 3.23. The first-order valence-electron chi connectivity index (χ1n) is 7.43. The van der Waals surface area contributed by atoms with Crippen LogP contribution in [0.25, 0.3) is 0 Å². The van der Waals surface area contributed by atoms with Crippen LogP contribution in [0.1, 0.15) is 25.3 Å². The van der Waals surface area contributed by atoms with E-state index < -0.39 is 51.9 Å². The van der Waals surface area contributed by atoms with Gasteiger partial charge in [-0.05, 0) is 36.2 Å². The fraction of sp³-hybridized carbons (Fsp3) is 0.467. The van der Waals surface area contributed by atoms with Crippen molar-refractivity contribution in [3.63, 3.8) is 0 Å². The van der Waals surface area contributed by atoms with Crippen molar-refractivity contribution in [2.75, 3.05) is 0 Å². The molecule has 1 aromatic heterocycles. The molecule has 3 rings (SSSR count). The molecule has 0 bridgehead atoms. The second kappa shape index (κ2) is 6.03. The molecule has 0 spiro atoms. The van der Waals surface area contributed by atoms with E-state index in [2.05, 4.69) is 5.32 Å². The zero-order valence-corrected chi connectivity index (χ0v) is 15.0. The third-order valence-electron chi connectivity index (χ3n) is 4.36. The number of carboxylic acids is 2. The molecule has 0 aromatic carbocycles. The number of fused-ring (bicyclic) bond motifs is 1. The molecule has 134 valence electrons. The molecule has 3 heterocycles. The second-order valence-corrected chi connectivity index (χ2v) is 8.96. The average Bonchev–Trinajstić information content (AvgIpc) is 3.09. The number of amides is 2. The molecule has 0 unspecified atom stereocenters. The van der Waals surface area contributed by atoms with Crippen molar-refractivity contribution < 1.29 is 29.4 Å². The minimum absolute atomic E-state index is 0.349. The molecule has 0 saturated carbocycles. The molecule has 2 fully saturated rings. The number of nitrogens with zero attached hydrogens (tertiary/aromatic N) is 1. The van der Waals surface area contributed by atoms with E-state index >= 15 is 0 Å². The first kappa shape index (κ1) is 17.7. The Kier molecular flexibility index (Phi) is 4.28. The average molecular weight is 384 g/mol. The maximum Gasteiger partial charge on any atom is 0.327 e. The van der Waals surface area contributed by atoms with Gasteiger partial charge in [0.15, 0.2) is 5.92 Å². The van der Waals surface area contributed by atoms with Crippen molar-refractivity contribution in [1.82, 2.24) is 10.2 Å². The highest BCUT2D eigenvalue weighted by Gasteiger charge is 2.64. The summed E-state index contributed by atoms with van der Waals surface area (Å²) in [5.41, 5.74) is 0.349. The van der Waals surface area contributed by atoms with Gasteiger partial charge in [-0.1, -0.05) is 0 Å². The lowest BCUT2D eigenvalue weighted by Crippen LogP contribution is -2.71. The van der Waals surface area contributed by atoms with Crippen LogP contribution in [0.2, 0.25) is 0 Å². The summed E-state index contributed by atoms with van der Waals surface area (Å²) in [5.74, 6) is -5.08. The van der Waals surface area contributed by atoms with Crippen molar-refractivity contribution in [1.29, 1.82) is 0 Å². The molecule has 4 atom stereocenters. The summed E-state index contributed by atoms with van der Waals surface area (Å²) in [6, 6.07) is -0.344. The summed E-state index contributed by atoms with van der Waals surface area (Å²) in [5, 5.41) is 23.9. The van der Waals surface area contributed by atoms with Crippen LogP contribution < -0.4 is 5.32 Å². The second-order valence-electron chi connectivity index (χ2n) is 6.41. The minimum Gasteiger partial charge on any atom is -0.480 e. The number of carbonyl (C=O) groups is 4. The van der Waals surface area contributed by atoms with Crippen LogP contribution in [0.15, 0.2) is 16.8 Å². The number of β-lactam (4-membered cyclic amide) rings is 1. The number of hydrogen-bond donors (Lipinski definition) is 3. The Balaban J connectivity index is 1.77.